The van der Waals surface area contributed by atoms with Crippen molar-refractivity contribution in [1.82, 2.24) is 9.21 Å². The molecule has 8 nitrogen and oxygen atoms in total. The number of sulfonamides is 1. The number of rotatable bonds is 5. The van der Waals surface area contributed by atoms with Gasteiger partial charge in [0.2, 0.25) is 11.0 Å². The van der Waals surface area contributed by atoms with Crippen molar-refractivity contribution in [2.75, 3.05) is 26.2 Å². The molecule has 1 saturated heterocycles. The number of carbonyl (C=O) groups is 2. The van der Waals surface area contributed by atoms with Crippen LogP contribution in [0.2, 0.25) is 5.02 Å². The monoisotopic (exact) mass is 437 g/mol. The molecule has 2 fully saturated rings. The first-order valence-electron chi connectivity index (χ1n) is 9.21. The van der Waals surface area contributed by atoms with Crippen LogP contribution in [0.4, 0.5) is 0 Å². The van der Waals surface area contributed by atoms with Gasteiger partial charge in [0.25, 0.3) is 15.9 Å². The number of nitrogens with zero attached hydrogens (tertiary/aromatic N) is 2. The molecule has 0 bridgehead atoms. The predicted molar refractivity (Wildman–Crippen MR) is 105 cm³/mol. The van der Waals surface area contributed by atoms with Crippen LogP contribution in [0.3, 0.4) is 0 Å². The molecule has 2 aromatic rings. The average Bonchev–Trinajstić information content (AvgIpc) is 3.33. The van der Waals surface area contributed by atoms with Crippen molar-refractivity contribution in [1.29, 1.82) is 0 Å². The normalized spacial score (nSPS) is 22.4. The standard InChI is InChI=1S/C19H20ClN3O5S/c20-13-3-1-2-12(10-13)14-11-15(14)19(25)22-6-8-23(9-7-22)29(26,27)17-5-4-16(28-17)18(21)24/h1-5,10,14-15H,6-9,11H2,(H2,21,24). The van der Waals surface area contributed by atoms with Crippen LogP contribution < -0.4 is 5.73 Å². The van der Waals surface area contributed by atoms with Gasteiger partial charge < -0.3 is 15.1 Å². The topological polar surface area (TPSA) is 114 Å². The lowest BCUT2D eigenvalue weighted by Gasteiger charge is -2.33. The average molecular weight is 438 g/mol. The van der Waals surface area contributed by atoms with E-state index in [4.69, 9.17) is 21.8 Å². The third-order valence-corrected chi connectivity index (χ3v) is 7.36. The van der Waals surface area contributed by atoms with Crippen molar-refractivity contribution in [3.63, 3.8) is 0 Å². The Balaban J connectivity index is 1.37. The Bertz CT molecular complexity index is 1060. The Morgan fingerprint density at radius 1 is 1.10 bits per heavy atom. The molecule has 10 heteroatoms. The summed E-state index contributed by atoms with van der Waals surface area (Å²) in [6, 6.07) is 9.98. The minimum atomic E-state index is -3.88. The molecule has 2 atom stereocenters. The summed E-state index contributed by atoms with van der Waals surface area (Å²) in [5, 5.41) is 0.325. The van der Waals surface area contributed by atoms with E-state index < -0.39 is 15.9 Å². The summed E-state index contributed by atoms with van der Waals surface area (Å²) in [6.45, 7) is 0.935. The summed E-state index contributed by atoms with van der Waals surface area (Å²) in [5.41, 5.74) is 6.16. The molecule has 0 spiro atoms. The van der Waals surface area contributed by atoms with E-state index in [0.29, 0.717) is 18.1 Å². The first-order chi connectivity index (χ1) is 13.8. The van der Waals surface area contributed by atoms with Gasteiger partial charge in [0, 0.05) is 37.1 Å². The van der Waals surface area contributed by atoms with E-state index in [9.17, 15) is 18.0 Å². The Labute approximate surface area is 173 Å². The number of furan rings is 1. The third kappa shape index (κ3) is 3.90. The van der Waals surface area contributed by atoms with E-state index in [1.54, 1.807) is 11.0 Å². The largest absolute Gasteiger partial charge is 0.438 e. The van der Waals surface area contributed by atoms with Gasteiger partial charge >= 0.3 is 0 Å². The zero-order chi connectivity index (χ0) is 20.8. The number of hydrogen-bond acceptors (Lipinski definition) is 5. The van der Waals surface area contributed by atoms with Gasteiger partial charge in [-0.15, -0.1) is 0 Å². The minimum absolute atomic E-state index is 0.0426. The van der Waals surface area contributed by atoms with Gasteiger partial charge in [0.1, 0.15) is 0 Å². The lowest BCUT2D eigenvalue weighted by atomic mass is 10.1. The molecule has 2 unspecified atom stereocenters. The molecule has 1 saturated carbocycles. The molecule has 1 aliphatic carbocycles. The molecule has 2 heterocycles. The number of carbonyl (C=O) groups excluding carboxylic acids is 2. The Morgan fingerprint density at radius 2 is 1.83 bits per heavy atom. The van der Waals surface area contributed by atoms with Crippen molar-refractivity contribution in [3.8, 4) is 0 Å². The molecule has 1 aliphatic heterocycles. The second-order valence-electron chi connectivity index (χ2n) is 7.22. The van der Waals surface area contributed by atoms with E-state index in [1.807, 2.05) is 18.2 Å². The summed E-state index contributed by atoms with van der Waals surface area (Å²) in [7, 11) is -3.88. The van der Waals surface area contributed by atoms with E-state index in [1.165, 1.54) is 16.4 Å². The molecule has 2 amide bonds. The van der Waals surface area contributed by atoms with Gasteiger partial charge in [-0.1, -0.05) is 23.7 Å². The van der Waals surface area contributed by atoms with Gasteiger partial charge in [0.05, 0.1) is 0 Å². The van der Waals surface area contributed by atoms with Crippen molar-refractivity contribution in [2.45, 2.75) is 17.4 Å². The van der Waals surface area contributed by atoms with Crippen LogP contribution in [0.1, 0.15) is 28.5 Å². The SMILES string of the molecule is NC(=O)c1ccc(S(=O)(=O)N2CCN(C(=O)C3CC3c3cccc(Cl)c3)CC2)o1. The summed E-state index contributed by atoms with van der Waals surface area (Å²) >= 11 is 6.03. The minimum Gasteiger partial charge on any atom is -0.438 e. The van der Waals surface area contributed by atoms with Crippen molar-refractivity contribution in [2.24, 2.45) is 11.7 Å². The summed E-state index contributed by atoms with van der Waals surface area (Å²) in [4.78, 5) is 25.6. The Morgan fingerprint density at radius 3 is 2.45 bits per heavy atom. The third-order valence-electron chi connectivity index (χ3n) is 5.35. The number of benzene rings is 1. The highest BCUT2D eigenvalue weighted by atomic mass is 35.5. The maximum Gasteiger partial charge on any atom is 0.284 e. The quantitative estimate of drug-likeness (QED) is 0.764. The molecule has 4 rings (SSSR count). The molecule has 2 aliphatic rings. The van der Waals surface area contributed by atoms with Gasteiger partial charge in [-0.2, -0.15) is 4.31 Å². The van der Waals surface area contributed by atoms with Crippen molar-refractivity contribution in [3.05, 3.63) is 52.7 Å². The van der Waals surface area contributed by atoms with Crippen LogP contribution in [-0.2, 0) is 14.8 Å². The molecule has 1 aromatic carbocycles. The fourth-order valence-electron chi connectivity index (χ4n) is 3.68. The molecular formula is C19H20ClN3O5S. The van der Waals surface area contributed by atoms with Crippen LogP contribution in [0.25, 0.3) is 0 Å². The van der Waals surface area contributed by atoms with E-state index in [2.05, 4.69) is 0 Å². The summed E-state index contributed by atoms with van der Waals surface area (Å²) < 4.78 is 31.7. The van der Waals surface area contributed by atoms with Crippen LogP contribution in [0.5, 0.6) is 0 Å². The van der Waals surface area contributed by atoms with E-state index in [-0.39, 0.29) is 41.7 Å². The molecular weight excluding hydrogens is 418 g/mol. The molecule has 1 aromatic heterocycles. The second-order valence-corrected chi connectivity index (χ2v) is 9.52. The highest BCUT2D eigenvalue weighted by Gasteiger charge is 2.46. The lowest BCUT2D eigenvalue weighted by Crippen LogP contribution is -2.50. The van der Waals surface area contributed by atoms with Crippen molar-refractivity contribution >= 4 is 33.4 Å². The number of primary amides is 1. The number of halogens is 1. The van der Waals surface area contributed by atoms with Crippen LogP contribution in [-0.4, -0.2) is 55.6 Å². The predicted octanol–water partition coefficient (Wildman–Crippen LogP) is 1.67. The zero-order valence-electron chi connectivity index (χ0n) is 15.5. The van der Waals surface area contributed by atoms with E-state index in [0.717, 1.165) is 12.0 Å². The second kappa shape index (κ2) is 7.47. The maximum absolute atomic E-state index is 12.8. The first-order valence-corrected chi connectivity index (χ1v) is 11.0. The fraction of sp³-hybridized carbons (Fsp3) is 0.368. The number of amides is 2. The Hall–Kier alpha value is -2.36. The van der Waals surface area contributed by atoms with E-state index >= 15 is 0 Å². The zero-order valence-corrected chi connectivity index (χ0v) is 17.0. The van der Waals surface area contributed by atoms with Gasteiger partial charge in [0.15, 0.2) is 5.76 Å². The van der Waals surface area contributed by atoms with Gasteiger partial charge in [-0.3, -0.25) is 9.59 Å². The summed E-state index contributed by atoms with van der Waals surface area (Å²) in [6.07, 6.45) is 0.778. The number of nitrogens with two attached hydrogens (primary N) is 1. The Kier molecular flexibility index (Phi) is 5.14. The molecule has 154 valence electrons. The van der Waals surface area contributed by atoms with Crippen molar-refractivity contribution < 1.29 is 22.4 Å². The molecule has 2 N–H and O–H groups in total. The first kappa shape index (κ1) is 19.9. The van der Waals surface area contributed by atoms with Gasteiger partial charge in [-0.05, 0) is 42.2 Å². The molecule has 29 heavy (non-hydrogen) atoms. The smallest absolute Gasteiger partial charge is 0.284 e. The highest BCUT2D eigenvalue weighted by Crippen LogP contribution is 2.49. The number of piperazine rings is 1. The maximum atomic E-state index is 12.8. The lowest BCUT2D eigenvalue weighted by molar-refractivity contribution is -0.133. The van der Waals surface area contributed by atoms with Crippen LogP contribution >= 0.6 is 11.6 Å². The van der Waals surface area contributed by atoms with Crippen LogP contribution in [0.15, 0.2) is 45.9 Å². The highest BCUT2D eigenvalue weighted by molar-refractivity contribution is 7.89. The summed E-state index contributed by atoms with van der Waals surface area (Å²) in [5.74, 6) is -0.919. The molecule has 0 radical (unpaired) electrons. The number of hydrogen-bond donors (Lipinski definition) is 1. The fourth-order valence-corrected chi connectivity index (χ4v) is 5.21. The van der Waals surface area contributed by atoms with Crippen LogP contribution in [0, 0.1) is 5.92 Å². The van der Waals surface area contributed by atoms with Gasteiger partial charge in [-0.25, -0.2) is 8.42 Å².